The van der Waals surface area contributed by atoms with E-state index in [0.29, 0.717) is 0 Å². The number of hydrogen-bond donors (Lipinski definition) is 1. The molecule has 0 saturated heterocycles. The van der Waals surface area contributed by atoms with Gasteiger partial charge in [0.25, 0.3) is 15.5 Å². The number of aromatic nitrogens is 1. The van der Waals surface area contributed by atoms with Crippen LogP contribution >= 0.6 is 26.6 Å². The molecule has 1 aromatic rings. The highest BCUT2D eigenvalue weighted by atomic mass is 79.9. The van der Waals surface area contributed by atoms with Crippen LogP contribution in [0.5, 0.6) is 0 Å². The summed E-state index contributed by atoms with van der Waals surface area (Å²) >= 11 is 2.84. The first-order valence-corrected chi connectivity index (χ1v) is 6.52. The molecule has 0 atom stereocenters. The van der Waals surface area contributed by atoms with Gasteiger partial charge in [-0.15, -0.1) is 0 Å². The summed E-state index contributed by atoms with van der Waals surface area (Å²) in [7, 11) is 0.807. The number of nitrogen functional groups attached to an aromatic ring is 1. The van der Waals surface area contributed by atoms with Gasteiger partial charge in [0.15, 0.2) is 5.03 Å². The normalized spacial score (nSPS) is 12.1. The van der Waals surface area contributed by atoms with E-state index in [2.05, 4.69) is 20.9 Å². The van der Waals surface area contributed by atoms with Gasteiger partial charge in [0.2, 0.25) is 0 Å². The zero-order valence-electron chi connectivity index (χ0n) is 6.92. The van der Waals surface area contributed by atoms with Gasteiger partial charge < -0.3 is 5.73 Å². The molecule has 0 saturated carbocycles. The summed E-state index contributed by atoms with van der Waals surface area (Å²) in [5.41, 5.74) is 4.14. The van der Waals surface area contributed by atoms with E-state index < -0.39 is 26.2 Å². The Morgan fingerprint density at radius 2 is 2.07 bits per heavy atom. The molecule has 2 N–H and O–H groups in total. The Balaban J connectivity index is 3.50. The van der Waals surface area contributed by atoms with Gasteiger partial charge in [-0.25, -0.2) is 22.2 Å². The van der Waals surface area contributed by atoms with Crippen LogP contribution in [0.1, 0.15) is 12.1 Å². The Kier molecular flexibility index (Phi) is 3.51. The molecule has 0 unspecified atom stereocenters. The molecule has 0 aliphatic heterocycles. The maximum Gasteiger partial charge on any atom is 0.282 e. The molecule has 0 aromatic carbocycles. The molecule has 0 aliphatic rings. The highest BCUT2D eigenvalue weighted by molar-refractivity contribution is 9.10. The summed E-state index contributed by atoms with van der Waals surface area (Å²) in [6.45, 7) is 0. The maximum absolute atomic E-state index is 12.4. The number of pyridine rings is 1. The summed E-state index contributed by atoms with van der Waals surface area (Å²) in [6.07, 6.45) is -2.97. The highest BCUT2D eigenvalue weighted by Crippen LogP contribution is 2.31. The second-order valence-corrected chi connectivity index (χ2v) is 5.85. The Morgan fingerprint density at radius 3 is 2.47 bits per heavy atom. The quantitative estimate of drug-likeness (QED) is 0.848. The van der Waals surface area contributed by atoms with Crippen molar-refractivity contribution >= 4 is 41.4 Å². The van der Waals surface area contributed by atoms with E-state index in [1.165, 1.54) is 0 Å². The number of halogens is 4. The molecular weight excluding hydrogens is 317 g/mol. The van der Waals surface area contributed by atoms with Crippen LogP contribution in [0.3, 0.4) is 0 Å². The van der Waals surface area contributed by atoms with Gasteiger partial charge >= 0.3 is 0 Å². The standard InChI is InChI=1S/C6H4BrClF2N2O2S/c7-2-1-3(15(8,13)14)12-5(4(2)11)6(9)10/h1,6H,11H2. The van der Waals surface area contributed by atoms with Gasteiger partial charge in [-0.05, 0) is 22.0 Å². The average Bonchev–Trinajstić information content (AvgIpc) is 2.06. The molecule has 0 amide bonds. The number of hydrogen-bond acceptors (Lipinski definition) is 4. The van der Waals surface area contributed by atoms with Crippen LogP contribution in [0.2, 0.25) is 0 Å². The topological polar surface area (TPSA) is 73.1 Å². The van der Waals surface area contributed by atoms with Crippen molar-refractivity contribution in [3.8, 4) is 0 Å². The second kappa shape index (κ2) is 4.18. The molecule has 4 nitrogen and oxygen atoms in total. The maximum atomic E-state index is 12.4. The minimum atomic E-state index is -4.16. The lowest BCUT2D eigenvalue weighted by molar-refractivity contribution is 0.146. The van der Waals surface area contributed by atoms with Crippen molar-refractivity contribution in [3.05, 3.63) is 16.2 Å². The highest BCUT2D eigenvalue weighted by Gasteiger charge is 2.21. The van der Waals surface area contributed by atoms with Crippen molar-refractivity contribution in [1.82, 2.24) is 4.98 Å². The lowest BCUT2D eigenvalue weighted by atomic mass is 10.3. The second-order valence-electron chi connectivity index (χ2n) is 2.48. The first-order chi connectivity index (χ1) is 6.73. The average molecular weight is 322 g/mol. The van der Waals surface area contributed by atoms with E-state index in [9.17, 15) is 17.2 Å². The molecule has 84 valence electrons. The molecule has 0 bridgehead atoms. The largest absolute Gasteiger partial charge is 0.396 e. The number of alkyl halides is 2. The van der Waals surface area contributed by atoms with Crippen LogP contribution < -0.4 is 5.73 Å². The molecule has 0 fully saturated rings. The van der Waals surface area contributed by atoms with E-state index in [1.54, 1.807) is 0 Å². The first kappa shape index (κ1) is 12.6. The van der Waals surface area contributed by atoms with Gasteiger partial charge in [-0.3, -0.25) is 0 Å². The van der Waals surface area contributed by atoms with E-state index in [0.717, 1.165) is 6.07 Å². The lowest BCUT2D eigenvalue weighted by Crippen LogP contribution is -2.04. The molecule has 1 rings (SSSR count). The van der Waals surface area contributed by atoms with Crippen LogP contribution in [0.4, 0.5) is 14.5 Å². The van der Waals surface area contributed by atoms with Crippen molar-refractivity contribution in [2.24, 2.45) is 0 Å². The van der Waals surface area contributed by atoms with E-state index in [4.69, 9.17) is 16.4 Å². The predicted octanol–water partition coefficient (Wildman–Crippen LogP) is 2.29. The molecule has 1 aromatic heterocycles. The minimum Gasteiger partial charge on any atom is -0.396 e. The number of anilines is 1. The van der Waals surface area contributed by atoms with Crippen molar-refractivity contribution in [2.45, 2.75) is 11.5 Å². The summed E-state index contributed by atoms with van der Waals surface area (Å²) in [6, 6.07) is 0.962. The van der Waals surface area contributed by atoms with Crippen molar-refractivity contribution in [2.75, 3.05) is 5.73 Å². The van der Waals surface area contributed by atoms with Gasteiger partial charge in [-0.1, -0.05) is 0 Å². The van der Waals surface area contributed by atoms with Gasteiger partial charge in [0, 0.05) is 15.2 Å². The third-order valence-electron chi connectivity index (χ3n) is 1.47. The van der Waals surface area contributed by atoms with E-state index in [1.807, 2.05) is 0 Å². The van der Waals surface area contributed by atoms with Crippen LogP contribution in [-0.4, -0.2) is 13.4 Å². The van der Waals surface area contributed by atoms with Gasteiger partial charge in [0.1, 0.15) is 5.69 Å². The zero-order chi connectivity index (χ0) is 11.8. The van der Waals surface area contributed by atoms with Crippen molar-refractivity contribution in [3.63, 3.8) is 0 Å². The lowest BCUT2D eigenvalue weighted by Gasteiger charge is -2.07. The summed E-state index contributed by atoms with van der Waals surface area (Å²) in [4.78, 5) is 3.18. The monoisotopic (exact) mass is 320 g/mol. The van der Waals surface area contributed by atoms with Crippen LogP contribution in [-0.2, 0) is 9.05 Å². The fourth-order valence-corrected chi connectivity index (χ4v) is 2.09. The molecule has 0 radical (unpaired) electrons. The Bertz CT molecular complexity index is 494. The molecule has 1 heterocycles. The molecule has 0 aliphatic carbocycles. The summed E-state index contributed by atoms with van der Waals surface area (Å²) in [5, 5.41) is -0.666. The van der Waals surface area contributed by atoms with E-state index in [-0.39, 0.29) is 10.2 Å². The Labute approximate surface area is 97.0 Å². The van der Waals surface area contributed by atoms with Gasteiger partial charge in [0.05, 0.1) is 5.69 Å². The van der Waals surface area contributed by atoms with Gasteiger partial charge in [-0.2, -0.15) is 0 Å². The zero-order valence-corrected chi connectivity index (χ0v) is 10.1. The fourth-order valence-electron chi connectivity index (χ4n) is 0.811. The number of nitrogens with two attached hydrogens (primary N) is 1. The number of nitrogens with zero attached hydrogens (tertiary/aromatic N) is 1. The van der Waals surface area contributed by atoms with Crippen LogP contribution in [0.25, 0.3) is 0 Å². The third kappa shape index (κ3) is 2.76. The predicted molar refractivity (Wildman–Crippen MR) is 54.3 cm³/mol. The van der Waals surface area contributed by atoms with Crippen LogP contribution in [0.15, 0.2) is 15.6 Å². The van der Waals surface area contributed by atoms with Crippen molar-refractivity contribution in [1.29, 1.82) is 0 Å². The smallest absolute Gasteiger partial charge is 0.282 e. The van der Waals surface area contributed by atoms with E-state index >= 15 is 0 Å². The van der Waals surface area contributed by atoms with Crippen molar-refractivity contribution < 1.29 is 17.2 Å². The molecule has 9 heteroatoms. The minimum absolute atomic E-state index is 0.00650. The summed E-state index contributed by atoms with van der Waals surface area (Å²) in [5.74, 6) is 0. The van der Waals surface area contributed by atoms with Crippen LogP contribution in [0, 0.1) is 0 Å². The number of rotatable bonds is 2. The Hall–Kier alpha value is -0.470. The molecule has 15 heavy (non-hydrogen) atoms. The molecule has 0 spiro atoms. The Morgan fingerprint density at radius 1 is 1.53 bits per heavy atom. The summed E-state index contributed by atoms with van der Waals surface area (Å²) < 4.78 is 46.5. The fraction of sp³-hybridized carbons (Fsp3) is 0.167. The molecular formula is C6H4BrClF2N2O2S. The third-order valence-corrected chi connectivity index (χ3v) is 3.31. The first-order valence-electron chi connectivity index (χ1n) is 3.42. The SMILES string of the molecule is Nc1c(Br)cc(S(=O)(=O)Cl)nc1C(F)F.